The van der Waals surface area contributed by atoms with Gasteiger partial charge in [-0.1, -0.05) is 19.1 Å². The summed E-state index contributed by atoms with van der Waals surface area (Å²) in [6.07, 6.45) is 1.77. The summed E-state index contributed by atoms with van der Waals surface area (Å²) in [6.45, 7) is 5.50. The number of nitrogens with two attached hydrogens (primary N) is 1. The second kappa shape index (κ2) is 8.07. The number of sulfonamides is 1. The van der Waals surface area contributed by atoms with E-state index in [0.29, 0.717) is 12.4 Å². The highest BCUT2D eigenvalue weighted by Crippen LogP contribution is 2.12. The van der Waals surface area contributed by atoms with Crippen molar-refractivity contribution < 1.29 is 8.42 Å². The molecule has 4 N–H and O–H groups in total. The summed E-state index contributed by atoms with van der Waals surface area (Å²) in [4.78, 5) is 8.82. The Morgan fingerprint density at radius 1 is 1.04 bits per heavy atom. The molecule has 0 atom stereocenters. The van der Waals surface area contributed by atoms with Crippen molar-refractivity contribution in [3.8, 4) is 0 Å². The van der Waals surface area contributed by atoms with E-state index in [2.05, 4.69) is 27.5 Å². The first-order valence-corrected chi connectivity index (χ1v) is 9.38. The van der Waals surface area contributed by atoms with E-state index >= 15 is 0 Å². The Balaban J connectivity index is 1.93. The fourth-order valence-corrected chi connectivity index (χ4v) is 2.70. The summed E-state index contributed by atoms with van der Waals surface area (Å²) >= 11 is 0. The van der Waals surface area contributed by atoms with Gasteiger partial charge in [0.1, 0.15) is 17.5 Å². The Labute approximate surface area is 142 Å². The van der Waals surface area contributed by atoms with Gasteiger partial charge in [0.05, 0.1) is 4.90 Å². The van der Waals surface area contributed by atoms with Gasteiger partial charge in [-0.3, -0.25) is 0 Å². The Hall–Kier alpha value is -2.19. The summed E-state index contributed by atoms with van der Waals surface area (Å²) in [5, 5.41) is 11.6. The van der Waals surface area contributed by atoms with Gasteiger partial charge in [0.2, 0.25) is 10.0 Å². The SMILES string of the molecule is CCCNc1cc(NCCc2ccc(S(N)(=O)=O)cc2)nc(C)n1. The van der Waals surface area contributed by atoms with Crippen molar-refractivity contribution in [1.29, 1.82) is 0 Å². The molecule has 2 aromatic rings. The minimum absolute atomic E-state index is 0.122. The number of primary sulfonamides is 1. The molecule has 0 saturated carbocycles. The monoisotopic (exact) mass is 349 g/mol. The van der Waals surface area contributed by atoms with E-state index in [4.69, 9.17) is 5.14 Å². The lowest BCUT2D eigenvalue weighted by Gasteiger charge is -2.10. The average molecular weight is 349 g/mol. The molecule has 1 heterocycles. The first-order chi connectivity index (χ1) is 11.4. The van der Waals surface area contributed by atoms with Crippen LogP contribution in [0.4, 0.5) is 11.6 Å². The minimum Gasteiger partial charge on any atom is -0.370 e. The zero-order valence-corrected chi connectivity index (χ0v) is 14.7. The largest absolute Gasteiger partial charge is 0.370 e. The Bertz CT molecular complexity index is 776. The maximum atomic E-state index is 11.2. The van der Waals surface area contributed by atoms with Crippen molar-refractivity contribution in [2.75, 3.05) is 23.7 Å². The van der Waals surface area contributed by atoms with E-state index in [1.807, 2.05) is 13.0 Å². The maximum Gasteiger partial charge on any atom is 0.238 e. The third-order valence-electron chi connectivity index (χ3n) is 3.37. The molecule has 0 aliphatic heterocycles. The molecular formula is C16H23N5O2S. The molecule has 7 nitrogen and oxygen atoms in total. The standard InChI is InChI=1S/C16H23N5O2S/c1-3-9-18-15-11-16(21-12(2)20-15)19-10-8-13-4-6-14(7-5-13)24(17,22)23/h4-7,11H,3,8-10H2,1-2H3,(H2,17,22,23)(H2,18,19,20,21). The topological polar surface area (TPSA) is 110 Å². The maximum absolute atomic E-state index is 11.2. The molecule has 0 radical (unpaired) electrons. The normalized spacial score (nSPS) is 11.3. The number of nitrogens with one attached hydrogen (secondary N) is 2. The van der Waals surface area contributed by atoms with E-state index in [1.54, 1.807) is 12.1 Å². The van der Waals surface area contributed by atoms with Crippen LogP contribution in [-0.2, 0) is 16.4 Å². The zero-order valence-electron chi connectivity index (χ0n) is 13.9. The molecule has 24 heavy (non-hydrogen) atoms. The number of benzene rings is 1. The molecule has 0 fully saturated rings. The lowest BCUT2D eigenvalue weighted by molar-refractivity contribution is 0.598. The fourth-order valence-electron chi connectivity index (χ4n) is 2.18. The van der Waals surface area contributed by atoms with Crippen molar-refractivity contribution in [3.63, 3.8) is 0 Å². The molecule has 1 aromatic carbocycles. The number of hydrogen-bond acceptors (Lipinski definition) is 6. The van der Waals surface area contributed by atoms with Crippen LogP contribution >= 0.6 is 0 Å². The average Bonchev–Trinajstić information content (AvgIpc) is 2.52. The Morgan fingerprint density at radius 3 is 2.17 bits per heavy atom. The zero-order chi connectivity index (χ0) is 17.6. The number of anilines is 2. The lowest BCUT2D eigenvalue weighted by atomic mass is 10.1. The van der Waals surface area contributed by atoms with Crippen LogP contribution in [0.1, 0.15) is 24.7 Å². The highest BCUT2D eigenvalue weighted by atomic mass is 32.2. The number of hydrogen-bond donors (Lipinski definition) is 3. The van der Waals surface area contributed by atoms with Crippen molar-refractivity contribution in [2.45, 2.75) is 31.6 Å². The van der Waals surface area contributed by atoms with Crippen molar-refractivity contribution >= 4 is 21.7 Å². The smallest absolute Gasteiger partial charge is 0.238 e. The molecule has 8 heteroatoms. The number of aromatic nitrogens is 2. The highest BCUT2D eigenvalue weighted by Gasteiger charge is 2.06. The van der Waals surface area contributed by atoms with Gasteiger partial charge in [-0.25, -0.2) is 23.5 Å². The molecule has 130 valence electrons. The van der Waals surface area contributed by atoms with Gasteiger partial charge in [0.25, 0.3) is 0 Å². The van der Waals surface area contributed by atoms with Crippen LogP contribution < -0.4 is 15.8 Å². The fraction of sp³-hybridized carbons (Fsp3) is 0.375. The Morgan fingerprint density at radius 2 is 1.62 bits per heavy atom. The molecule has 0 aliphatic rings. The quantitative estimate of drug-likeness (QED) is 0.671. The van der Waals surface area contributed by atoms with Crippen LogP contribution in [0.25, 0.3) is 0 Å². The van der Waals surface area contributed by atoms with Crippen molar-refractivity contribution in [3.05, 3.63) is 41.7 Å². The Kier molecular flexibility index (Phi) is 6.10. The molecule has 0 saturated heterocycles. The molecule has 0 aliphatic carbocycles. The van der Waals surface area contributed by atoms with Gasteiger partial charge in [0, 0.05) is 19.2 Å². The second-order valence-corrected chi connectivity index (χ2v) is 7.04. The van der Waals surface area contributed by atoms with Gasteiger partial charge < -0.3 is 10.6 Å². The van der Waals surface area contributed by atoms with Gasteiger partial charge in [-0.15, -0.1) is 0 Å². The molecular weight excluding hydrogens is 326 g/mol. The summed E-state index contributed by atoms with van der Waals surface area (Å²) in [5.41, 5.74) is 1.02. The van der Waals surface area contributed by atoms with Crippen LogP contribution in [0, 0.1) is 6.92 Å². The molecule has 0 bridgehead atoms. The van der Waals surface area contributed by atoms with Crippen molar-refractivity contribution in [1.82, 2.24) is 9.97 Å². The second-order valence-electron chi connectivity index (χ2n) is 5.48. The number of aryl methyl sites for hydroxylation is 1. The van der Waals surface area contributed by atoms with Crippen LogP contribution in [-0.4, -0.2) is 31.5 Å². The summed E-state index contributed by atoms with van der Waals surface area (Å²) < 4.78 is 22.5. The highest BCUT2D eigenvalue weighted by molar-refractivity contribution is 7.89. The summed E-state index contributed by atoms with van der Waals surface area (Å²) in [6, 6.07) is 8.45. The minimum atomic E-state index is -3.64. The predicted molar refractivity (Wildman–Crippen MR) is 95.6 cm³/mol. The van der Waals surface area contributed by atoms with Gasteiger partial charge >= 0.3 is 0 Å². The van der Waals surface area contributed by atoms with Gasteiger partial charge in [-0.05, 0) is 37.5 Å². The summed E-state index contributed by atoms with van der Waals surface area (Å²) in [5.74, 6) is 2.28. The van der Waals surface area contributed by atoms with Crippen molar-refractivity contribution in [2.24, 2.45) is 5.14 Å². The van der Waals surface area contributed by atoms with Crippen LogP contribution in [0.3, 0.4) is 0 Å². The number of rotatable bonds is 8. The number of nitrogens with zero attached hydrogens (tertiary/aromatic N) is 2. The summed E-state index contributed by atoms with van der Waals surface area (Å²) in [7, 11) is -3.64. The first-order valence-electron chi connectivity index (χ1n) is 7.83. The van der Waals surface area contributed by atoms with Crippen LogP contribution in [0.15, 0.2) is 35.2 Å². The molecule has 0 amide bonds. The van der Waals surface area contributed by atoms with E-state index in [1.165, 1.54) is 12.1 Å². The van der Waals surface area contributed by atoms with Gasteiger partial charge in [-0.2, -0.15) is 0 Å². The van der Waals surface area contributed by atoms with Gasteiger partial charge in [0.15, 0.2) is 0 Å². The molecule has 2 rings (SSSR count). The molecule has 0 spiro atoms. The van der Waals surface area contributed by atoms with E-state index < -0.39 is 10.0 Å². The van der Waals surface area contributed by atoms with E-state index in [-0.39, 0.29) is 4.90 Å². The third kappa shape index (κ3) is 5.47. The van der Waals surface area contributed by atoms with Crippen LogP contribution in [0.2, 0.25) is 0 Å². The van der Waals surface area contributed by atoms with Crippen LogP contribution in [0.5, 0.6) is 0 Å². The molecule has 1 aromatic heterocycles. The first kappa shape index (κ1) is 18.2. The lowest BCUT2D eigenvalue weighted by Crippen LogP contribution is -2.12. The third-order valence-corrected chi connectivity index (χ3v) is 4.29. The molecule has 0 unspecified atom stereocenters. The predicted octanol–water partition coefficient (Wildman–Crippen LogP) is 1.91. The van der Waals surface area contributed by atoms with E-state index in [0.717, 1.165) is 36.6 Å². The van der Waals surface area contributed by atoms with E-state index in [9.17, 15) is 8.42 Å².